The van der Waals surface area contributed by atoms with Crippen molar-refractivity contribution in [2.24, 2.45) is 0 Å². The number of carbonyl (C=O) groups excluding carboxylic acids is 1. The van der Waals surface area contributed by atoms with Crippen LogP contribution in [0.15, 0.2) is 24.3 Å². The van der Waals surface area contributed by atoms with Crippen LogP contribution in [0.25, 0.3) is 0 Å². The lowest BCUT2D eigenvalue weighted by atomic mass is 10.2. The van der Waals surface area contributed by atoms with Gasteiger partial charge in [0.1, 0.15) is 5.75 Å². The standard InChI is InChI=1S/C16H24N2O2/c1-12(2)18-16(19)8-9-20-15-5-3-4-13(10-15)11-17-14-6-7-14/h3-5,10,12,14,17H,6-9,11H2,1-2H3,(H,18,19). The molecule has 1 aliphatic rings. The highest BCUT2D eigenvalue weighted by atomic mass is 16.5. The second kappa shape index (κ2) is 7.29. The van der Waals surface area contributed by atoms with E-state index in [0.29, 0.717) is 19.1 Å². The van der Waals surface area contributed by atoms with Crippen molar-refractivity contribution in [1.29, 1.82) is 0 Å². The topological polar surface area (TPSA) is 50.4 Å². The molecule has 20 heavy (non-hydrogen) atoms. The molecule has 0 radical (unpaired) electrons. The summed E-state index contributed by atoms with van der Waals surface area (Å²) in [6.45, 7) is 5.21. The van der Waals surface area contributed by atoms with E-state index in [1.807, 2.05) is 32.0 Å². The summed E-state index contributed by atoms with van der Waals surface area (Å²) < 4.78 is 5.63. The van der Waals surface area contributed by atoms with Crippen molar-refractivity contribution in [3.8, 4) is 5.75 Å². The minimum atomic E-state index is 0.0338. The summed E-state index contributed by atoms with van der Waals surface area (Å²) in [5.74, 6) is 0.865. The molecule has 1 aromatic carbocycles. The zero-order chi connectivity index (χ0) is 14.4. The monoisotopic (exact) mass is 276 g/mol. The van der Waals surface area contributed by atoms with Gasteiger partial charge in [0.05, 0.1) is 13.0 Å². The fourth-order valence-corrected chi connectivity index (χ4v) is 1.95. The molecular weight excluding hydrogens is 252 g/mol. The van der Waals surface area contributed by atoms with Crippen LogP contribution in [0.1, 0.15) is 38.7 Å². The Morgan fingerprint density at radius 3 is 2.90 bits per heavy atom. The van der Waals surface area contributed by atoms with Gasteiger partial charge >= 0.3 is 0 Å². The maximum atomic E-state index is 11.5. The summed E-state index contributed by atoms with van der Waals surface area (Å²) in [7, 11) is 0. The Labute approximate surface area is 120 Å². The molecule has 4 nitrogen and oxygen atoms in total. The molecule has 1 fully saturated rings. The molecule has 0 atom stereocenters. The lowest BCUT2D eigenvalue weighted by Gasteiger charge is -2.10. The smallest absolute Gasteiger partial charge is 0.223 e. The van der Waals surface area contributed by atoms with Gasteiger partial charge in [-0.05, 0) is 44.4 Å². The van der Waals surface area contributed by atoms with E-state index >= 15 is 0 Å². The lowest BCUT2D eigenvalue weighted by molar-refractivity contribution is -0.122. The molecule has 4 heteroatoms. The second-order valence-electron chi connectivity index (χ2n) is 5.62. The lowest BCUT2D eigenvalue weighted by Crippen LogP contribution is -2.31. The molecule has 0 aliphatic heterocycles. The number of carbonyl (C=O) groups is 1. The summed E-state index contributed by atoms with van der Waals surface area (Å²) >= 11 is 0. The molecule has 0 bridgehead atoms. The molecule has 1 aromatic rings. The molecule has 1 aliphatic carbocycles. The maximum Gasteiger partial charge on any atom is 0.223 e. The largest absolute Gasteiger partial charge is 0.493 e. The first-order chi connectivity index (χ1) is 9.63. The van der Waals surface area contributed by atoms with E-state index < -0.39 is 0 Å². The average Bonchev–Trinajstić information content (AvgIpc) is 3.20. The molecule has 1 amide bonds. The van der Waals surface area contributed by atoms with Gasteiger partial charge in [0.2, 0.25) is 5.91 Å². The Morgan fingerprint density at radius 1 is 1.40 bits per heavy atom. The van der Waals surface area contributed by atoms with Crippen molar-refractivity contribution in [2.75, 3.05) is 6.61 Å². The zero-order valence-electron chi connectivity index (χ0n) is 12.3. The van der Waals surface area contributed by atoms with Crippen molar-refractivity contribution in [1.82, 2.24) is 10.6 Å². The molecule has 1 saturated carbocycles. The van der Waals surface area contributed by atoms with E-state index in [-0.39, 0.29) is 11.9 Å². The fourth-order valence-electron chi connectivity index (χ4n) is 1.95. The van der Waals surface area contributed by atoms with Crippen molar-refractivity contribution >= 4 is 5.91 Å². The highest BCUT2D eigenvalue weighted by molar-refractivity contribution is 5.76. The first-order valence-corrected chi connectivity index (χ1v) is 7.38. The zero-order valence-corrected chi connectivity index (χ0v) is 12.3. The number of benzene rings is 1. The van der Waals surface area contributed by atoms with Gasteiger partial charge in [-0.25, -0.2) is 0 Å². The maximum absolute atomic E-state index is 11.5. The van der Waals surface area contributed by atoms with Gasteiger partial charge < -0.3 is 15.4 Å². The molecule has 0 aromatic heterocycles. The first kappa shape index (κ1) is 14.9. The fraction of sp³-hybridized carbons (Fsp3) is 0.562. The molecular formula is C16H24N2O2. The Hall–Kier alpha value is -1.55. The summed E-state index contributed by atoms with van der Waals surface area (Å²) in [5, 5.41) is 6.33. The Balaban J connectivity index is 1.71. The minimum Gasteiger partial charge on any atom is -0.493 e. The van der Waals surface area contributed by atoms with Crippen molar-refractivity contribution in [3.63, 3.8) is 0 Å². The summed E-state index contributed by atoms with van der Waals surface area (Å²) in [6.07, 6.45) is 2.98. The Bertz CT molecular complexity index is 442. The molecule has 2 N–H and O–H groups in total. The number of nitrogens with one attached hydrogen (secondary N) is 2. The van der Waals surface area contributed by atoms with Gasteiger partial charge in [0.15, 0.2) is 0 Å². The predicted molar refractivity (Wildman–Crippen MR) is 79.7 cm³/mol. The quantitative estimate of drug-likeness (QED) is 0.765. The van der Waals surface area contributed by atoms with Crippen LogP contribution >= 0.6 is 0 Å². The molecule has 2 rings (SSSR count). The third-order valence-electron chi connectivity index (χ3n) is 3.12. The van der Waals surface area contributed by atoms with Gasteiger partial charge in [0, 0.05) is 18.6 Å². The molecule has 110 valence electrons. The van der Waals surface area contributed by atoms with Crippen LogP contribution in [0.3, 0.4) is 0 Å². The van der Waals surface area contributed by atoms with Crippen LogP contribution in [-0.2, 0) is 11.3 Å². The highest BCUT2D eigenvalue weighted by Gasteiger charge is 2.19. The molecule has 0 saturated heterocycles. The Morgan fingerprint density at radius 2 is 2.20 bits per heavy atom. The van der Waals surface area contributed by atoms with Gasteiger partial charge in [-0.1, -0.05) is 12.1 Å². The van der Waals surface area contributed by atoms with Crippen molar-refractivity contribution in [2.45, 2.75) is 51.7 Å². The number of amides is 1. The van der Waals surface area contributed by atoms with E-state index in [2.05, 4.69) is 16.7 Å². The van der Waals surface area contributed by atoms with Crippen LogP contribution in [0, 0.1) is 0 Å². The summed E-state index contributed by atoms with van der Waals surface area (Å²) in [5.41, 5.74) is 1.22. The van der Waals surface area contributed by atoms with Gasteiger partial charge in [-0.3, -0.25) is 4.79 Å². The molecule has 0 heterocycles. The number of hydrogen-bond donors (Lipinski definition) is 2. The van der Waals surface area contributed by atoms with Crippen molar-refractivity contribution < 1.29 is 9.53 Å². The van der Waals surface area contributed by atoms with E-state index in [1.165, 1.54) is 18.4 Å². The SMILES string of the molecule is CC(C)NC(=O)CCOc1cccc(CNC2CC2)c1. The van der Waals surface area contributed by atoms with E-state index in [1.54, 1.807) is 0 Å². The van der Waals surface area contributed by atoms with Gasteiger partial charge in [-0.15, -0.1) is 0 Å². The van der Waals surface area contributed by atoms with Gasteiger partial charge in [0.25, 0.3) is 0 Å². The van der Waals surface area contributed by atoms with Crippen LogP contribution in [0.2, 0.25) is 0 Å². The highest BCUT2D eigenvalue weighted by Crippen LogP contribution is 2.20. The van der Waals surface area contributed by atoms with E-state index in [4.69, 9.17) is 4.74 Å². The van der Waals surface area contributed by atoms with Crippen LogP contribution < -0.4 is 15.4 Å². The summed E-state index contributed by atoms with van der Waals surface area (Å²) in [6, 6.07) is 8.94. The third-order valence-corrected chi connectivity index (χ3v) is 3.12. The number of ether oxygens (including phenoxy) is 1. The van der Waals surface area contributed by atoms with Crippen LogP contribution in [-0.4, -0.2) is 24.6 Å². The number of hydrogen-bond acceptors (Lipinski definition) is 3. The van der Waals surface area contributed by atoms with Gasteiger partial charge in [-0.2, -0.15) is 0 Å². The van der Waals surface area contributed by atoms with Crippen molar-refractivity contribution in [3.05, 3.63) is 29.8 Å². The normalized spacial score (nSPS) is 14.3. The van der Waals surface area contributed by atoms with Crippen LogP contribution in [0.4, 0.5) is 0 Å². The Kier molecular flexibility index (Phi) is 5.41. The average molecular weight is 276 g/mol. The van der Waals surface area contributed by atoms with Crippen LogP contribution in [0.5, 0.6) is 5.75 Å². The van der Waals surface area contributed by atoms with E-state index in [0.717, 1.165) is 12.3 Å². The third kappa shape index (κ3) is 5.61. The summed E-state index contributed by atoms with van der Waals surface area (Å²) in [4.78, 5) is 11.5. The first-order valence-electron chi connectivity index (χ1n) is 7.38. The van der Waals surface area contributed by atoms with E-state index in [9.17, 15) is 4.79 Å². The predicted octanol–water partition coefficient (Wildman–Crippen LogP) is 2.23. The molecule has 0 spiro atoms. The number of rotatable bonds is 8. The molecule has 0 unspecified atom stereocenters. The minimum absolute atomic E-state index is 0.0338. The second-order valence-corrected chi connectivity index (χ2v) is 5.62.